The van der Waals surface area contributed by atoms with Gasteiger partial charge in [0, 0.05) is 39.7 Å². The molecule has 1 saturated heterocycles. The lowest BCUT2D eigenvalue weighted by Gasteiger charge is -2.18. The minimum absolute atomic E-state index is 0.0537. The minimum Gasteiger partial charge on any atom is -0.493 e. The van der Waals surface area contributed by atoms with Gasteiger partial charge in [0.25, 0.3) is 0 Å². The second kappa shape index (κ2) is 8.55. The summed E-state index contributed by atoms with van der Waals surface area (Å²) in [5, 5.41) is 3.29. The molecule has 1 aromatic rings. The second-order valence-corrected chi connectivity index (χ2v) is 6.28. The van der Waals surface area contributed by atoms with Crippen LogP contribution in [-0.2, 0) is 16.1 Å². The molecule has 0 radical (unpaired) electrons. The van der Waals surface area contributed by atoms with Gasteiger partial charge < -0.3 is 19.5 Å². The lowest BCUT2D eigenvalue weighted by molar-refractivity contribution is -0.125. The van der Waals surface area contributed by atoms with Crippen LogP contribution in [0.1, 0.15) is 5.56 Å². The summed E-state index contributed by atoms with van der Waals surface area (Å²) < 4.78 is 15.9. The van der Waals surface area contributed by atoms with Crippen molar-refractivity contribution in [2.45, 2.75) is 6.54 Å². The molecule has 2 unspecified atom stereocenters. The fraction of sp³-hybridized carbons (Fsp3) is 0.588. The molecule has 0 aliphatic carbocycles. The first-order valence-corrected chi connectivity index (χ1v) is 8.25. The van der Waals surface area contributed by atoms with E-state index in [9.17, 15) is 4.79 Å². The number of halogens is 1. The molecule has 1 aliphatic heterocycles. The average molecular weight is 357 g/mol. The molecule has 134 valence electrons. The Morgan fingerprint density at radius 1 is 1.29 bits per heavy atom. The van der Waals surface area contributed by atoms with Gasteiger partial charge in [0.2, 0.25) is 5.91 Å². The molecule has 1 heterocycles. The summed E-state index contributed by atoms with van der Waals surface area (Å²) in [4.78, 5) is 14.3. The van der Waals surface area contributed by atoms with Crippen LogP contribution in [-0.4, -0.2) is 58.9 Å². The van der Waals surface area contributed by atoms with E-state index >= 15 is 0 Å². The van der Waals surface area contributed by atoms with Gasteiger partial charge in [0.1, 0.15) is 0 Å². The van der Waals surface area contributed by atoms with E-state index < -0.39 is 0 Å². The molecule has 1 fully saturated rings. The van der Waals surface area contributed by atoms with Crippen molar-refractivity contribution in [2.75, 3.05) is 48.1 Å². The normalized spacial score (nSPS) is 20.9. The Balaban J connectivity index is 2.15. The van der Waals surface area contributed by atoms with E-state index in [2.05, 4.69) is 10.2 Å². The quantitative estimate of drug-likeness (QED) is 0.807. The summed E-state index contributed by atoms with van der Waals surface area (Å²) >= 11 is 6.46. The van der Waals surface area contributed by atoms with Gasteiger partial charge in [-0.2, -0.15) is 0 Å². The van der Waals surface area contributed by atoms with Crippen LogP contribution in [0, 0.1) is 11.8 Å². The smallest absolute Gasteiger partial charge is 0.224 e. The monoisotopic (exact) mass is 356 g/mol. The first-order chi connectivity index (χ1) is 11.5. The Morgan fingerprint density at radius 2 is 2.04 bits per heavy atom. The first kappa shape index (κ1) is 18.8. The van der Waals surface area contributed by atoms with Gasteiger partial charge in [-0.05, 0) is 11.6 Å². The number of hydrogen-bond acceptors (Lipinski definition) is 5. The maximum Gasteiger partial charge on any atom is 0.224 e. The molecular weight excluding hydrogens is 332 g/mol. The van der Waals surface area contributed by atoms with E-state index in [-0.39, 0.29) is 17.7 Å². The van der Waals surface area contributed by atoms with Crippen LogP contribution >= 0.6 is 11.6 Å². The molecule has 0 bridgehead atoms. The number of nitrogens with one attached hydrogen (secondary N) is 1. The molecular formula is C17H25ClN2O4. The molecule has 2 atom stereocenters. The van der Waals surface area contributed by atoms with E-state index in [1.807, 2.05) is 12.1 Å². The van der Waals surface area contributed by atoms with E-state index in [0.29, 0.717) is 36.2 Å². The van der Waals surface area contributed by atoms with Crippen LogP contribution in [0.15, 0.2) is 12.1 Å². The number of methoxy groups -OCH3 is 3. The van der Waals surface area contributed by atoms with Gasteiger partial charge in [0.15, 0.2) is 11.5 Å². The number of carbonyl (C=O) groups excluding carboxylic acids is 1. The molecule has 0 saturated carbocycles. The lowest BCUT2D eigenvalue weighted by atomic mass is 9.96. The largest absolute Gasteiger partial charge is 0.493 e. The van der Waals surface area contributed by atoms with Gasteiger partial charge in [-0.15, -0.1) is 0 Å². The van der Waals surface area contributed by atoms with Crippen molar-refractivity contribution in [3.63, 3.8) is 0 Å². The number of rotatable bonds is 7. The fourth-order valence-corrected chi connectivity index (χ4v) is 3.54. The van der Waals surface area contributed by atoms with Crippen molar-refractivity contribution in [1.82, 2.24) is 10.2 Å². The maximum absolute atomic E-state index is 12.1. The molecule has 6 nitrogen and oxygen atoms in total. The Kier molecular flexibility index (Phi) is 6.71. The summed E-state index contributed by atoms with van der Waals surface area (Å²) in [7, 11) is 6.48. The lowest BCUT2D eigenvalue weighted by Crippen LogP contribution is -2.34. The number of benzene rings is 1. The SMILES string of the molecule is CNC(=O)C1CN(Cc2ccc(OC)c(OC)c2Cl)CC1COC. The molecule has 7 heteroatoms. The molecule has 0 aromatic heterocycles. The minimum atomic E-state index is -0.0751. The highest BCUT2D eigenvalue weighted by atomic mass is 35.5. The van der Waals surface area contributed by atoms with Crippen molar-refractivity contribution in [1.29, 1.82) is 0 Å². The number of carbonyl (C=O) groups is 1. The van der Waals surface area contributed by atoms with Crippen molar-refractivity contribution >= 4 is 17.5 Å². The predicted octanol–water partition coefficient (Wildman–Crippen LogP) is 1.80. The second-order valence-electron chi connectivity index (χ2n) is 5.90. The standard InChI is InChI=1S/C17H25ClN2O4/c1-19-17(21)13-9-20(8-12(13)10-22-2)7-11-5-6-14(23-3)16(24-4)15(11)18/h5-6,12-13H,7-10H2,1-4H3,(H,19,21). The third-order valence-electron chi connectivity index (χ3n) is 4.44. The Hall–Kier alpha value is -1.50. The van der Waals surface area contributed by atoms with Gasteiger partial charge in [-0.1, -0.05) is 17.7 Å². The number of hydrogen-bond donors (Lipinski definition) is 1. The summed E-state index contributed by atoms with van der Waals surface area (Å²) in [6.45, 7) is 2.68. The van der Waals surface area contributed by atoms with Gasteiger partial charge in [-0.25, -0.2) is 0 Å². The highest BCUT2D eigenvalue weighted by Gasteiger charge is 2.37. The van der Waals surface area contributed by atoms with Gasteiger partial charge >= 0.3 is 0 Å². The van der Waals surface area contributed by atoms with E-state index in [1.54, 1.807) is 28.4 Å². The number of ether oxygens (including phenoxy) is 3. The van der Waals surface area contributed by atoms with E-state index in [1.165, 1.54) is 0 Å². The van der Waals surface area contributed by atoms with Gasteiger partial charge in [-0.3, -0.25) is 9.69 Å². The molecule has 1 aromatic carbocycles. The summed E-state index contributed by atoms with van der Waals surface area (Å²) in [6, 6.07) is 3.78. The van der Waals surface area contributed by atoms with Crippen LogP contribution < -0.4 is 14.8 Å². The molecule has 0 spiro atoms. The highest BCUT2D eigenvalue weighted by molar-refractivity contribution is 6.33. The van der Waals surface area contributed by atoms with Gasteiger partial charge in [0.05, 0.1) is 31.8 Å². The fourth-order valence-electron chi connectivity index (χ4n) is 3.25. The van der Waals surface area contributed by atoms with Crippen molar-refractivity contribution in [3.05, 3.63) is 22.7 Å². The summed E-state index contributed by atoms with van der Waals surface area (Å²) in [6.07, 6.45) is 0. The average Bonchev–Trinajstić information content (AvgIpc) is 2.98. The first-order valence-electron chi connectivity index (χ1n) is 7.87. The van der Waals surface area contributed by atoms with Crippen LogP contribution in [0.5, 0.6) is 11.5 Å². The molecule has 1 N–H and O–H groups in total. The molecule has 1 amide bonds. The topological polar surface area (TPSA) is 60.0 Å². The summed E-state index contributed by atoms with van der Waals surface area (Å²) in [5.74, 6) is 1.29. The van der Waals surface area contributed by atoms with E-state index in [0.717, 1.165) is 12.1 Å². The zero-order valence-corrected chi connectivity index (χ0v) is 15.4. The van der Waals surface area contributed by atoms with E-state index in [4.69, 9.17) is 25.8 Å². The number of likely N-dealkylation sites (tertiary alicyclic amines) is 1. The Morgan fingerprint density at radius 3 is 2.62 bits per heavy atom. The maximum atomic E-state index is 12.1. The van der Waals surface area contributed by atoms with Crippen LogP contribution in [0.25, 0.3) is 0 Å². The van der Waals surface area contributed by atoms with Crippen molar-refractivity contribution in [3.8, 4) is 11.5 Å². The Bertz CT molecular complexity index is 582. The molecule has 2 rings (SSSR count). The Labute approximate surface area is 148 Å². The third kappa shape index (κ3) is 3.94. The zero-order chi connectivity index (χ0) is 17.7. The number of nitrogens with zero attached hydrogens (tertiary/aromatic N) is 1. The van der Waals surface area contributed by atoms with Crippen molar-refractivity contribution in [2.24, 2.45) is 11.8 Å². The van der Waals surface area contributed by atoms with Crippen LogP contribution in [0.3, 0.4) is 0 Å². The van der Waals surface area contributed by atoms with Crippen LogP contribution in [0.4, 0.5) is 0 Å². The number of amides is 1. The zero-order valence-electron chi connectivity index (χ0n) is 14.6. The molecule has 1 aliphatic rings. The third-order valence-corrected chi connectivity index (χ3v) is 4.85. The summed E-state index contributed by atoms with van der Waals surface area (Å²) in [5.41, 5.74) is 0.947. The predicted molar refractivity (Wildman–Crippen MR) is 92.8 cm³/mol. The van der Waals surface area contributed by atoms with Crippen LogP contribution in [0.2, 0.25) is 5.02 Å². The highest BCUT2D eigenvalue weighted by Crippen LogP contribution is 2.38. The molecule has 24 heavy (non-hydrogen) atoms. The van der Waals surface area contributed by atoms with Crippen molar-refractivity contribution < 1.29 is 19.0 Å².